The number of nitrogens with one attached hydrogen (secondary N) is 2. The van der Waals surface area contributed by atoms with E-state index in [-0.39, 0.29) is 11.9 Å². The van der Waals surface area contributed by atoms with Crippen LogP contribution in [-0.2, 0) is 9.53 Å². The van der Waals surface area contributed by atoms with E-state index in [0.29, 0.717) is 24.9 Å². The SMILES string of the molecule is CC(C)c1ccc(NC(=O)CC2COCCN2)c(C(C)C)c1. The lowest BCUT2D eigenvalue weighted by Gasteiger charge is -2.24. The summed E-state index contributed by atoms with van der Waals surface area (Å²) in [6, 6.07) is 6.47. The average molecular weight is 304 g/mol. The molecule has 0 radical (unpaired) electrons. The molecule has 0 bridgehead atoms. The Hall–Kier alpha value is -1.39. The molecule has 1 atom stereocenters. The Morgan fingerprint density at radius 2 is 2.09 bits per heavy atom. The summed E-state index contributed by atoms with van der Waals surface area (Å²) in [4.78, 5) is 12.3. The fourth-order valence-electron chi connectivity index (χ4n) is 2.71. The summed E-state index contributed by atoms with van der Waals surface area (Å²) in [6.07, 6.45) is 0.448. The highest BCUT2D eigenvalue weighted by Gasteiger charge is 2.18. The van der Waals surface area contributed by atoms with Crippen molar-refractivity contribution in [3.05, 3.63) is 29.3 Å². The van der Waals surface area contributed by atoms with Crippen LogP contribution in [0.2, 0.25) is 0 Å². The van der Waals surface area contributed by atoms with Gasteiger partial charge in [0.05, 0.1) is 13.2 Å². The largest absolute Gasteiger partial charge is 0.378 e. The summed E-state index contributed by atoms with van der Waals surface area (Å²) in [5.74, 6) is 0.915. The van der Waals surface area contributed by atoms with Gasteiger partial charge in [0.2, 0.25) is 5.91 Å². The Labute approximate surface area is 133 Å². The molecule has 4 heteroatoms. The van der Waals surface area contributed by atoms with E-state index in [0.717, 1.165) is 18.8 Å². The average Bonchev–Trinajstić information content (AvgIpc) is 2.48. The van der Waals surface area contributed by atoms with Crippen molar-refractivity contribution in [1.29, 1.82) is 0 Å². The lowest BCUT2D eigenvalue weighted by molar-refractivity contribution is -0.117. The first-order chi connectivity index (χ1) is 10.5. The maximum absolute atomic E-state index is 12.3. The molecule has 0 aromatic heterocycles. The molecule has 1 heterocycles. The van der Waals surface area contributed by atoms with E-state index in [1.807, 2.05) is 6.07 Å². The zero-order valence-corrected chi connectivity index (χ0v) is 14.1. The number of ether oxygens (including phenoxy) is 1. The summed E-state index contributed by atoms with van der Waals surface area (Å²) in [6.45, 7) is 10.8. The van der Waals surface area contributed by atoms with Crippen molar-refractivity contribution < 1.29 is 9.53 Å². The maximum Gasteiger partial charge on any atom is 0.226 e. The van der Waals surface area contributed by atoms with Crippen LogP contribution in [0.1, 0.15) is 57.1 Å². The molecule has 1 aliphatic rings. The lowest BCUT2D eigenvalue weighted by Crippen LogP contribution is -2.43. The molecule has 1 aromatic rings. The van der Waals surface area contributed by atoms with Crippen molar-refractivity contribution in [2.75, 3.05) is 25.1 Å². The predicted molar refractivity (Wildman–Crippen MR) is 90.5 cm³/mol. The van der Waals surface area contributed by atoms with Gasteiger partial charge in [0.15, 0.2) is 0 Å². The van der Waals surface area contributed by atoms with Crippen LogP contribution >= 0.6 is 0 Å². The number of anilines is 1. The van der Waals surface area contributed by atoms with E-state index in [4.69, 9.17) is 4.74 Å². The topological polar surface area (TPSA) is 50.4 Å². The van der Waals surface area contributed by atoms with Crippen LogP contribution in [0.4, 0.5) is 5.69 Å². The van der Waals surface area contributed by atoms with E-state index in [2.05, 4.69) is 50.5 Å². The molecule has 1 unspecified atom stereocenters. The number of rotatable bonds is 5. The molecule has 1 aromatic carbocycles. The van der Waals surface area contributed by atoms with Crippen LogP contribution in [-0.4, -0.2) is 31.7 Å². The van der Waals surface area contributed by atoms with E-state index < -0.39 is 0 Å². The molecule has 1 fully saturated rings. The third kappa shape index (κ3) is 4.55. The van der Waals surface area contributed by atoms with Crippen LogP contribution in [0.25, 0.3) is 0 Å². The number of amides is 1. The van der Waals surface area contributed by atoms with Crippen molar-refractivity contribution in [2.45, 2.75) is 52.0 Å². The second kappa shape index (κ2) is 7.75. The molecule has 2 rings (SSSR count). The minimum absolute atomic E-state index is 0.0437. The monoisotopic (exact) mass is 304 g/mol. The van der Waals surface area contributed by atoms with Crippen molar-refractivity contribution in [3.63, 3.8) is 0 Å². The Bertz CT molecular complexity index is 506. The van der Waals surface area contributed by atoms with Gasteiger partial charge < -0.3 is 15.4 Å². The van der Waals surface area contributed by atoms with Gasteiger partial charge in [-0.3, -0.25) is 4.79 Å². The highest BCUT2D eigenvalue weighted by Crippen LogP contribution is 2.28. The van der Waals surface area contributed by atoms with Gasteiger partial charge in [-0.1, -0.05) is 39.8 Å². The minimum atomic E-state index is 0.0437. The van der Waals surface area contributed by atoms with Gasteiger partial charge in [0.25, 0.3) is 0 Å². The number of hydrogen-bond donors (Lipinski definition) is 2. The molecule has 22 heavy (non-hydrogen) atoms. The number of morpholine rings is 1. The summed E-state index contributed by atoms with van der Waals surface area (Å²) >= 11 is 0. The van der Waals surface area contributed by atoms with E-state index in [9.17, 15) is 4.79 Å². The molecule has 1 saturated heterocycles. The first kappa shape index (κ1) is 17.0. The van der Waals surface area contributed by atoms with E-state index in [1.165, 1.54) is 11.1 Å². The Morgan fingerprint density at radius 1 is 1.32 bits per heavy atom. The van der Waals surface area contributed by atoms with Gasteiger partial charge in [-0.25, -0.2) is 0 Å². The second-order valence-corrected chi connectivity index (χ2v) is 6.63. The van der Waals surface area contributed by atoms with E-state index in [1.54, 1.807) is 0 Å². The van der Waals surface area contributed by atoms with Crippen LogP contribution in [0, 0.1) is 0 Å². The third-order valence-corrected chi connectivity index (χ3v) is 4.07. The number of carbonyl (C=O) groups excluding carboxylic acids is 1. The summed E-state index contributed by atoms with van der Waals surface area (Å²) in [5, 5.41) is 6.38. The Morgan fingerprint density at radius 3 is 2.68 bits per heavy atom. The van der Waals surface area contributed by atoms with Gasteiger partial charge in [-0.15, -0.1) is 0 Å². The summed E-state index contributed by atoms with van der Waals surface area (Å²) in [7, 11) is 0. The standard InChI is InChI=1S/C18H28N2O2/c1-12(2)14-5-6-17(16(9-14)13(3)4)20-18(21)10-15-11-22-8-7-19-15/h5-6,9,12-13,15,19H,7-8,10-11H2,1-4H3,(H,20,21). The lowest BCUT2D eigenvalue weighted by atomic mass is 9.94. The fourth-order valence-corrected chi connectivity index (χ4v) is 2.71. The molecule has 0 spiro atoms. The molecule has 0 aliphatic carbocycles. The zero-order chi connectivity index (χ0) is 16.1. The Kier molecular flexibility index (Phi) is 5.98. The van der Waals surface area contributed by atoms with Crippen LogP contribution in [0.3, 0.4) is 0 Å². The van der Waals surface area contributed by atoms with Crippen LogP contribution < -0.4 is 10.6 Å². The van der Waals surface area contributed by atoms with Crippen molar-refractivity contribution in [1.82, 2.24) is 5.32 Å². The molecular weight excluding hydrogens is 276 g/mol. The molecular formula is C18H28N2O2. The van der Waals surface area contributed by atoms with Crippen LogP contribution in [0.15, 0.2) is 18.2 Å². The molecule has 1 aliphatic heterocycles. The number of benzene rings is 1. The van der Waals surface area contributed by atoms with Crippen molar-refractivity contribution in [3.8, 4) is 0 Å². The molecule has 122 valence electrons. The quantitative estimate of drug-likeness (QED) is 0.878. The number of hydrogen-bond acceptors (Lipinski definition) is 3. The smallest absolute Gasteiger partial charge is 0.226 e. The van der Waals surface area contributed by atoms with Gasteiger partial charge in [-0.2, -0.15) is 0 Å². The number of carbonyl (C=O) groups is 1. The highest BCUT2D eigenvalue weighted by atomic mass is 16.5. The molecule has 0 saturated carbocycles. The first-order valence-corrected chi connectivity index (χ1v) is 8.22. The van der Waals surface area contributed by atoms with Gasteiger partial charge in [-0.05, 0) is 29.0 Å². The van der Waals surface area contributed by atoms with Crippen molar-refractivity contribution in [2.24, 2.45) is 0 Å². The molecule has 2 N–H and O–H groups in total. The summed E-state index contributed by atoms with van der Waals surface area (Å²) < 4.78 is 5.39. The summed E-state index contributed by atoms with van der Waals surface area (Å²) in [5.41, 5.74) is 3.44. The van der Waals surface area contributed by atoms with Gasteiger partial charge in [0, 0.05) is 24.7 Å². The molecule has 4 nitrogen and oxygen atoms in total. The van der Waals surface area contributed by atoms with Gasteiger partial charge >= 0.3 is 0 Å². The van der Waals surface area contributed by atoms with Crippen molar-refractivity contribution >= 4 is 11.6 Å². The Balaban J connectivity index is 2.05. The maximum atomic E-state index is 12.3. The second-order valence-electron chi connectivity index (χ2n) is 6.63. The minimum Gasteiger partial charge on any atom is -0.378 e. The van der Waals surface area contributed by atoms with E-state index >= 15 is 0 Å². The van der Waals surface area contributed by atoms with Crippen LogP contribution in [0.5, 0.6) is 0 Å². The normalized spacial score (nSPS) is 18.7. The third-order valence-electron chi connectivity index (χ3n) is 4.07. The molecule has 1 amide bonds. The first-order valence-electron chi connectivity index (χ1n) is 8.22. The zero-order valence-electron chi connectivity index (χ0n) is 14.1. The highest BCUT2D eigenvalue weighted by molar-refractivity contribution is 5.92. The fraction of sp³-hybridized carbons (Fsp3) is 0.611. The van der Waals surface area contributed by atoms with Gasteiger partial charge in [0.1, 0.15) is 0 Å². The predicted octanol–water partition coefficient (Wildman–Crippen LogP) is 3.25.